The van der Waals surface area contributed by atoms with Crippen LogP contribution in [0.25, 0.3) is 0 Å². The first-order valence-corrected chi connectivity index (χ1v) is 7.07. The number of nitrogens with one attached hydrogen (secondary N) is 2. The summed E-state index contributed by atoms with van der Waals surface area (Å²) >= 11 is 3.62. The van der Waals surface area contributed by atoms with Crippen molar-refractivity contribution < 1.29 is 0 Å². The largest absolute Gasteiger partial charge is 0.364 e. The molecule has 3 heteroatoms. The van der Waals surface area contributed by atoms with Gasteiger partial charge in [0.15, 0.2) is 0 Å². The van der Waals surface area contributed by atoms with Crippen LogP contribution >= 0.6 is 15.9 Å². The van der Waals surface area contributed by atoms with E-state index in [2.05, 4.69) is 63.2 Å². The first-order chi connectivity index (χ1) is 9.25. The quantitative estimate of drug-likeness (QED) is 0.708. The highest BCUT2D eigenvalue weighted by molar-refractivity contribution is 9.10. The number of rotatable bonds is 3. The zero-order chi connectivity index (χ0) is 13.2. The predicted molar refractivity (Wildman–Crippen MR) is 81.4 cm³/mol. The zero-order valence-electron chi connectivity index (χ0n) is 10.7. The molecule has 0 aliphatic carbocycles. The SMILES string of the molecule is Cc1ccc(C(c2ccc[nH]2)c2ccc[nH]2)cc1Br. The molecule has 2 aromatic heterocycles. The summed E-state index contributed by atoms with van der Waals surface area (Å²) in [7, 11) is 0. The Morgan fingerprint density at radius 2 is 1.58 bits per heavy atom. The van der Waals surface area contributed by atoms with Gasteiger partial charge in [-0.3, -0.25) is 0 Å². The van der Waals surface area contributed by atoms with E-state index < -0.39 is 0 Å². The predicted octanol–water partition coefficient (Wildman–Crippen LogP) is 4.59. The van der Waals surface area contributed by atoms with Gasteiger partial charge in [0.05, 0.1) is 5.92 Å². The van der Waals surface area contributed by atoms with Crippen LogP contribution in [0.5, 0.6) is 0 Å². The minimum atomic E-state index is 0.210. The number of aromatic nitrogens is 2. The molecule has 0 radical (unpaired) electrons. The Kier molecular flexibility index (Phi) is 3.30. The molecule has 0 aliphatic heterocycles. The first kappa shape index (κ1) is 12.3. The van der Waals surface area contributed by atoms with Gasteiger partial charge in [0.1, 0.15) is 0 Å². The van der Waals surface area contributed by atoms with Gasteiger partial charge in [-0.25, -0.2) is 0 Å². The molecule has 0 bridgehead atoms. The summed E-state index contributed by atoms with van der Waals surface area (Å²) in [6.45, 7) is 2.10. The van der Waals surface area contributed by atoms with Crippen molar-refractivity contribution in [1.82, 2.24) is 9.97 Å². The lowest BCUT2D eigenvalue weighted by Crippen LogP contribution is -2.04. The third-order valence-electron chi connectivity index (χ3n) is 3.40. The molecule has 2 N–H and O–H groups in total. The van der Waals surface area contributed by atoms with E-state index in [1.165, 1.54) is 22.5 Å². The molecule has 0 saturated carbocycles. The lowest BCUT2D eigenvalue weighted by molar-refractivity contribution is 0.896. The van der Waals surface area contributed by atoms with Gasteiger partial charge in [0.2, 0.25) is 0 Å². The maximum Gasteiger partial charge on any atom is 0.0641 e. The van der Waals surface area contributed by atoms with Gasteiger partial charge in [-0.15, -0.1) is 0 Å². The maximum absolute atomic E-state index is 3.62. The van der Waals surface area contributed by atoms with E-state index >= 15 is 0 Å². The lowest BCUT2D eigenvalue weighted by Gasteiger charge is -2.16. The van der Waals surface area contributed by atoms with E-state index in [-0.39, 0.29) is 5.92 Å². The third-order valence-corrected chi connectivity index (χ3v) is 4.25. The van der Waals surface area contributed by atoms with Crippen molar-refractivity contribution in [1.29, 1.82) is 0 Å². The van der Waals surface area contributed by atoms with Gasteiger partial charge in [-0.05, 0) is 48.4 Å². The molecule has 0 fully saturated rings. The Bertz CT molecular complexity index is 620. The van der Waals surface area contributed by atoms with E-state index in [0.717, 1.165) is 4.47 Å². The summed E-state index contributed by atoms with van der Waals surface area (Å²) in [4.78, 5) is 6.65. The second-order valence-electron chi connectivity index (χ2n) is 4.69. The lowest BCUT2D eigenvalue weighted by atomic mass is 9.92. The third kappa shape index (κ3) is 2.38. The van der Waals surface area contributed by atoms with Gasteiger partial charge >= 0.3 is 0 Å². The summed E-state index contributed by atoms with van der Waals surface area (Å²) in [5.74, 6) is 0.210. The van der Waals surface area contributed by atoms with E-state index in [0.29, 0.717) is 0 Å². The van der Waals surface area contributed by atoms with Crippen molar-refractivity contribution in [2.24, 2.45) is 0 Å². The molecule has 1 aromatic carbocycles. The number of halogens is 1. The van der Waals surface area contributed by atoms with Gasteiger partial charge < -0.3 is 9.97 Å². The highest BCUT2D eigenvalue weighted by atomic mass is 79.9. The van der Waals surface area contributed by atoms with Crippen LogP contribution in [-0.4, -0.2) is 9.97 Å². The van der Waals surface area contributed by atoms with Gasteiger partial charge in [0, 0.05) is 28.3 Å². The van der Waals surface area contributed by atoms with E-state index in [9.17, 15) is 0 Å². The first-order valence-electron chi connectivity index (χ1n) is 6.28. The maximum atomic E-state index is 3.62. The Balaban J connectivity index is 2.12. The number of hydrogen-bond acceptors (Lipinski definition) is 0. The average molecular weight is 315 g/mol. The molecule has 3 rings (SSSR count). The number of aryl methyl sites for hydroxylation is 1. The monoisotopic (exact) mass is 314 g/mol. The fourth-order valence-electron chi connectivity index (χ4n) is 2.36. The van der Waals surface area contributed by atoms with Gasteiger partial charge in [-0.2, -0.15) is 0 Å². The minimum Gasteiger partial charge on any atom is -0.364 e. The average Bonchev–Trinajstić information content (AvgIpc) is 3.07. The van der Waals surface area contributed by atoms with Gasteiger partial charge in [0.25, 0.3) is 0 Å². The molecule has 2 nitrogen and oxygen atoms in total. The Labute approximate surface area is 121 Å². The van der Waals surface area contributed by atoms with E-state index in [1.807, 2.05) is 24.5 Å². The van der Waals surface area contributed by atoms with Crippen LogP contribution in [-0.2, 0) is 0 Å². The van der Waals surface area contributed by atoms with E-state index in [1.54, 1.807) is 0 Å². The number of hydrogen-bond donors (Lipinski definition) is 2. The van der Waals surface area contributed by atoms with Crippen LogP contribution in [0.2, 0.25) is 0 Å². The highest BCUT2D eigenvalue weighted by Gasteiger charge is 2.18. The number of H-pyrrole nitrogens is 2. The molecule has 2 heterocycles. The molecule has 19 heavy (non-hydrogen) atoms. The normalized spacial score (nSPS) is 11.1. The Morgan fingerprint density at radius 3 is 2.05 bits per heavy atom. The van der Waals surface area contributed by atoms with Crippen LogP contribution < -0.4 is 0 Å². The van der Waals surface area contributed by atoms with Crippen molar-refractivity contribution in [2.75, 3.05) is 0 Å². The minimum absolute atomic E-state index is 0.210. The molecular weight excluding hydrogens is 300 g/mol. The van der Waals surface area contributed by atoms with E-state index in [4.69, 9.17) is 0 Å². The van der Waals surface area contributed by atoms with Crippen LogP contribution in [0.4, 0.5) is 0 Å². The number of aromatic amines is 2. The summed E-state index contributed by atoms with van der Waals surface area (Å²) < 4.78 is 1.15. The molecule has 0 aliphatic rings. The summed E-state index contributed by atoms with van der Waals surface area (Å²) in [5, 5.41) is 0. The Hall–Kier alpha value is -1.74. The fourth-order valence-corrected chi connectivity index (χ4v) is 2.76. The summed E-state index contributed by atoms with van der Waals surface area (Å²) in [6.07, 6.45) is 3.93. The van der Waals surface area contributed by atoms with Crippen LogP contribution in [0.3, 0.4) is 0 Å². The van der Waals surface area contributed by atoms with Crippen LogP contribution in [0.15, 0.2) is 59.3 Å². The molecule has 0 unspecified atom stereocenters. The molecule has 0 spiro atoms. The Morgan fingerprint density at radius 1 is 0.947 bits per heavy atom. The van der Waals surface area contributed by atoms with Crippen molar-refractivity contribution >= 4 is 15.9 Å². The topological polar surface area (TPSA) is 31.6 Å². The molecule has 3 aromatic rings. The number of benzene rings is 1. The van der Waals surface area contributed by atoms with Crippen molar-refractivity contribution in [3.05, 3.63) is 81.8 Å². The molecule has 96 valence electrons. The second kappa shape index (κ2) is 5.10. The molecule has 0 amide bonds. The zero-order valence-corrected chi connectivity index (χ0v) is 12.2. The molecular formula is C16H15BrN2. The highest BCUT2D eigenvalue weighted by Crippen LogP contribution is 2.32. The van der Waals surface area contributed by atoms with Crippen LogP contribution in [0, 0.1) is 6.92 Å². The second-order valence-corrected chi connectivity index (χ2v) is 5.55. The molecule has 0 atom stereocenters. The standard InChI is InChI=1S/C16H15BrN2/c1-11-6-7-12(10-13(11)17)16(14-4-2-8-18-14)15-5-3-9-19-15/h2-10,16,18-19H,1H3. The smallest absolute Gasteiger partial charge is 0.0641 e. The summed E-state index contributed by atoms with van der Waals surface area (Å²) in [6, 6.07) is 14.9. The van der Waals surface area contributed by atoms with Crippen molar-refractivity contribution in [3.8, 4) is 0 Å². The fraction of sp³-hybridized carbons (Fsp3) is 0.125. The molecule has 0 saturated heterocycles. The van der Waals surface area contributed by atoms with Crippen LogP contribution in [0.1, 0.15) is 28.4 Å². The van der Waals surface area contributed by atoms with Crippen molar-refractivity contribution in [2.45, 2.75) is 12.8 Å². The van der Waals surface area contributed by atoms with Gasteiger partial charge in [-0.1, -0.05) is 28.1 Å². The van der Waals surface area contributed by atoms with Crippen molar-refractivity contribution in [3.63, 3.8) is 0 Å². The summed E-state index contributed by atoms with van der Waals surface area (Å²) in [5.41, 5.74) is 4.90.